The fourth-order valence-corrected chi connectivity index (χ4v) is 2.29. The molecule has 0 bridgehead atoms. The Balaban J connectivity index is 2.42. The minimum Gasteiger partial charge on any atom is -0.364 e. The van der Waals surface area contributed by atoms with Crippen LogP contribution in [0.5, 0.6) is 0 Å². The topological polar surface area (TPSA) is 12.0 Å². The summed E-state index contributed by atoms with van der Waals surface area (Å²) in [5, 5.41) is 3.22. The summed E-state index contributed by atoms with van der Waals surface area (Å²) in [6.45, 7) is 0. The van der Waals surface area contributed by atoms with Gasteiger partial charge in [0.15, 0.2) is 0 Å². The monoisotopic (exact) mass is 169 g/mol. The number of hydrogen-bond acceptors (Lipinski definition) is 3. The average Bonchev–Trinajstić information content (AvgIpc) is 2.27. The molecule has 1 aromatic rings. The lowest BCUT2D eigenvalue weighted by molar-refractivity contribution is 1.40. The van der Waals surface area contributed by atoms with Crippen LogP contribution in [-0.4, -0.2) is 4.71 Å². The molecular weight excluding hydrogens is 162 g/mol. The van der Waals surface area contributed by atoms with Gasteiger partial charge in [0.05, 0.1) is 0 Å². The van der Waals surface area contributed by atoms with Crippen molar-refractivity contribution in [2.45, 2.75) is 9.60 Å². The molecule has 52 valence electrons. The van der Waals surface area contributed by atoms with Crippen LogP contribution in [-0.2, 0) is 0 Å². The SMILES string of the molecule is S[C@H]1Nc2ccccc2S1. The first-order valence-corrected chi connectivity index (χ1v) is 4.46. The molecule has 0 spiro atoms. The molecule has 1 N–H and O–H groups in total. The van der Waals surface area contributed by atoms with E-state index in [1.807, 2.05) is 12.1 Å². The van der Waals surface area contributed by atoms with Crippen LogP contribution in [0.2, 0.25) is 0 Å². The summed E-state index contributed by atoms with van der Waals surface area (Å²) in [4.78, 5) is 1.29. The van der Waals surface area contributed by atoms with Crippen molar-refractivity contribution in [1.82, 2.24) is 0 Å². The molecule has 1 aromatic carbocycles. The molecule has 0 fully saturated rings. The third-order valence-corrected chi connectivity index (χ3v) is 2.80. The van der Waals surface area contributed by atoms with Crippen LogP contribution in [0, 0.1) is 0 Å². The molecule has 1 aliphatic heterocycles. The predicted molar refractivity (Wildman–Crippen MR) is 48.7 cm³/mol. The van der Waals surface area contributed by atoms with E-state index in [2.05, 4.69) is 30.1 Å². The summed E-state index contributed by atoms with van der Waals surface area (Å²) >= 11 is 6.03. The number of thiol groups is 1. The maximum atomic E-state index is 4.29. The Bertz CT molecular complexity index is 224. The number of benzene rings is 1. The van der Waals surface area contributed by atoms with Crippen LogP contribution >= 0.6 is 24.4 Å². The van der Waals surface area contributed by atoms with Crippen molar-refractivity contribution in [1.29, 1.82) is 0 Å². The minimum absolute atomic E-state index is 0.234. The van der Waals surface area contributed by atoms with Crippen LogP contribution in [0.1, 0.15) is 0 Å². The van der Waals surface area contributed by atoms with Crippen molar-refractivity contribution in [2.24, 2.45) is 0 Å². The highest BCUT2D eigenvalue weighted by molar-refractivity contribution is 8.10. The number of nitrogens with one attached hydrogen (secondary N) is 1. The van der Waals surface area contributed by atoms with Gasteiger partial charge in [0.25, 0.3) is 0 Å². The normalized spacial score (nSPS) is 21.9. The molecule has 0 radical (unpaired) electrons. The summed E-state index contributed by atoms with van der Waals surface area (Å²) in [6.07, 6.45) is 0. The highest BCUT2D eigenvalue weighted by Crippen LogP contribution is 2.38. The molecule has 0 saturated heterocycles. The Kier molecular flexibility index (Phi) is 1.54. The van der Waals surface area contributed by atoms with E-state index in [1.54, 1.807) is 11.8 Å². The fourth-order valence-electron chi connectivity index (χ4n) is 0.971. The molecule has 1 aliphatic rings. The second kappa shape index (κ2) is 2.40. The summed E-state index contributed by atoms with van der Waals surface area (Å²) in [5.74, 6) is 0. The molecule has 1 nitrogen and oxygen atoms in total. The number of rotatable bonds is 0. The van der Waals surface area contributed by atoms with Gasteiger partial charge < -0.3 is 5.32 Å². The van der Waals surface area contributed by atoms with Gasteiger partial charge in [0.1, 0.15) is 4.71 Å². The molecule has 0 aliphatic carbocycles. The lowest BCUT2D eigenvalue weighted by atomic mass is 10.3. The van der Waals surface area contributed by atoms with E-state index in [1.165, 1.54) is 10.6 Å². The van der Waals surface area contributed by atoms with Crippen molar-refractivity contribution in [3.05, 3.63) is 24.3 Å². The summed E-state index contributed by atoms with van der Waals surface area (Å²) in [5.41, 5.74) is 1.20. The lowest BCUT2D eigenvalue weighted by Gasteiger charge is -1.98. The van der Waals surface area contributed by atoms with Crippen molar-refractivity contribution in [3.63, 3.8) is 0 Å². The maximum Gasteiger partial charge on any atom is 0.121 e. The summed E-state index contributed by atoms with van der Waals surface area (Å²) in [6, 6.07) is 8.24. The van der Waals surface area contributed by atoms with Crippen molar-refractivity contribution < 1.29 is 0 Å². The van der Waals surface area contributed by atoms with Crippen LogP contribution in [0.15, 0.2) is 29.2 Å². The zero-order chi connectivity index (χ0) is 6.97. The van der Waals surface area contributed by atoms with Gasteiger partial charge in [-0.25, -0.2) is 0 Å². The largest absolute Gasteiger partial charge is 0.364 e. The molecular formula is C7H7NS2. The zero-order valence-electron chi connectivity index (χ0n) is 5.24. The van der Waals surface area contributed by atoms with Gasteiger partial charge in [-0.15, -0.1) is 12.6 Å². The average molecular weight is 169 g/mol. The predicted octanol–water partition coefficient (Wildman–Crippen LogP) is 2.42. The van der Waals surface area contributed by atoms with Gasteiger partial charge in [-0.3, -0.25) is 0 Å². The van der Waals surface area contributed by atoms with E-state index in [-0.39, 0.29) is 4.71 Å². The molecule has 0 aromatic heterocycles. The quantitative estimate of drug-likeness (QED) is 0.578. The third kappa shape index (κ3) is 0.995. The van der Waals surface area contributed by atoms with Crippen LogP contribution < -0.4 is 5.32 Å². The molecule has 0 saturated carbocycles. The Morgan fingerprint density at radius 1 is 1.40 bits per heavy atom. The molecule has 1 atom stereocenters. The Labute approximate surface area is 69.6 Å². The number of fused-ring (bicyclic) bond motifs is 1. The Morgan fingerprint density at radius 3 is 3.00 bits per heavy atom. The molecule has 0 amide bonds. The van der Waals surface area contributed by atoms with E-state index in [4.69, 9.17) is 0 Å². The highest BCUT2D eigenvalue weighted by Gasteiger charge is 2.15. The zero-order valence-corrected chi connectivity index (χ0v) is 6.95. The molecule has 1 heterocycles. The van der Waals surface area contributed by atoms with Gasteiger partial charge in [-0.05, 0) is 12.1 Å². The first kappa shape index (κ1) is 6.43. The minimum atomic E-state index is 0.234. The third-order valence-electron chi connectivity index (χ3n) is 1.40. The molecule has 3 heteroatoms. The molecule has 0 unspecified atom stereocenters. The Hall–Kier alpha value is -0.280. The van der Waals surface area contributed by atoms with Crippen molar-refractivity contribution in [3.8, 4) is 0 Å². The smallest absolute Gasteiger partial charge is 0.121 e. The number of hydrogen-bond donors (Lipinski definition) is 2. The summed E-state index contributed by atoms with van der Waals surface area (Å²) in [7, 11) is 0. The van der Waals surface area contributed by atoms with Crippen LogP contribution in [0.3, 0.4) is 0 Å². The molecule has 2 rings (SSSR count). The van der Waals surface area contributed by atoms with Crippen LogP contribution in [0.25, 0.3) is 0 Å². The molecule has 10 heavy (non-hydrogen) atoms. The standard InChI is InChI=1S/C7H7NS2/c9-7-8-5-3-1-2-4-6(5)10-7/h1-4,7-9H/t7-/m1/s1. The van der Waals surface area contributed by atoms with E-state index in [0.29, 0.717) is 0 Å². The second-order valence-electron chi connectivity index (χ2n) is 2.11. The van der Waals surface area contributed by atoms with Crippen LogP contribution in [0.4, 0.5) is 5.69 Å². The van der Waals surface area contributed by atoms with Gasteiger partial charge in [0.2, 0.25) is 0 Å². The first-order chi connectivity index (χ1) is 4.86. The van der Waals surface area contributed by atoms with E-state index in [0.717, 1.165) is 0 Å². The number of anilines is 1. The first-order valence-electron chi connectivity index (χ1n) is 3.06. The van der Waals surface area contributed by atoms with Gasteiger partial charge in [0, 0.05) is 10.6 Å². The number of para-hydroxylation sites is 1. The summed E-state index contributed by atoms with van der Waals surface area (Å²) < 4.78 is 0.234. The van der Waals surface area contributed by atoms with Crippen molar-refractivity contribution >= 4 is 30.1 Å². The van der Waals surface area contributed by atoms with Gasteiger partial charge in [-0.2, -0.15) is 0 Å². The second-order valence-corrected chi connectivity index (χ2v) is 4.12. The Morgan fingerprint density at radius 2 is 2.20 bits per heavy atom. The number of thioether (sulfide) groups is 1. The van der Waals surface area contributed by atoms with Crippen molar-refractivity contribution in [2.75, 3.05) is 5.32 Å². The van der Waals surface area contributed by atoms with Gasteiger partial charge >= 0.3 is 0 Å². The maximum absolute atomic E-state index is 4.29. The van der Waals surface area contributed by atoms with E-state index >= 15 is 0 Å². The fraction of sp³-hybridized carbons (Fsp3) is 0.143. The van der Waals surface area contributed by atoms with Gasteiger partial charge in [-0.1, -0.05) is 23.9 Å². The van der Waals surface area contributed by atoms with E-state index in [9.17, 15) is 0 Å². The highest BCUT2D eigenvalue weighted by atomic mass is 32.2. The lowest BCUT2D eigenvalue weighted by Crippen LogP contribution is -1.98. The van der Waals surface area contributed by atoms with E-state index < -0.39 is 0 Å².